The van der Waals surface area contributed by atoms with E-state index in [9.17, 15) is 0 Å². The lowest BCUT2D eigenvalue weighted by Crippen LogP contribution is -1.79. The van der Waals surface area contributed by atoms with Crippen molar-refractivity contribution in [2.24, 2.45) is 0 Å². The molecule has 0 aromatic heterocycles. The van der Waals surface area contributed by atoms with Crippen molar-refractivity contribution in [1.29, 1.82) is 0 Å². The van der Waals surface area contributed by atoms with Gasteiger partial charge in [-0.3, -0.25) is 0 Å². The molecule has 0 aromatic carbocycles. The van der Waals surface area contributed by atoms with Gasteiger partial charge in [-0.15, -0.1) is 0 Å². The van der Waals surface area contributed by atoms with Gasteiger partial charge in [-0.25, -0.2) is 0 Å². The molecular weight excluding hydrogens is 180 g/mol. The molecule has 0 aliphatic rings. The molecule has 0 heterocycles. The lowest BCUT2D eigenvalue weighted by Gasteiger charge is -1.99. The highest BCUT2D eigenvalue weighted by Gasteiger charge is 1.89. The molecule has 87 valence electrons. The summed E-state index contributed by atoms with van der Waals surface area (Å²) in [5.41, 5.74) is 0. The predicted molar refractivity (Wildman–Crippen MR) is 70.9 cm³/mol. The number of allylic oxidation sites excluding steroid dienone is 4. The van der Waals surface area contributed by atoms with Crippen molar-refractivity contribution in [2.45, 2.75) is 64.7 Å². The summed E-state index contributed by atoms with van der Waals surface area (Å²) in [5, 5.41) is 0. The highest BCUT2D eigenvalue weighted by atomic mass is 14.0. The summed E-state index contributed by atoms with van der Waals surface area (Å²) in [6.07, 6.45) is 20.6. The van der Waals surface area contributed by atoms with E-state index in [2.05, 4.69) is 26.0 Å². The molecule has 0 amide bonds. The molecule has 0 nitrogen and oxygen atoms in total. The van der Waals surface area contributed by atoms with Crippen LogP contribution in [0.5, 0.6) is 0 Å². The Morgan fingerprint density at radius 1 is 0.800 bits per heavy atom. The second-order valence-electron chi connectivity index (χ2n) is 4.12. The fourth-order valence-corrected chi connectivity index (χ4v) is 1.65. The van der Waals surface area contributed by atoms with Crippen molar-refractivity contribution in [3.63, 3.8) is 0 Å². The van der Waals surface area contributed by atoms with Crippen LogP contribution in [0.1, 0.15) is 64.7 Å². The Hall–Kier alpha value is -0.520. The van der Waals surface area contributed by atoms with E-state index in [1.54, 1.807) is 0 Å². The molecule has 0 heteroatoms. The summed E-state index contributed by atoms with van der Waals surface area (Å²) in [6.45, 7) is 5.91. The highest BCUT2D eigenvalue weighted by Crippen LogP contribution is 2.09. The van der Waals surface area contributed by atoms with Crippen LogP contribution in [0.15, 0.2) is 24.3 Å². The first kappa shape index (κ1) is 14.5. The van der Waals surface area contributed by atoms with Crippen LogP contribution in [0, 0.1) is 6.92 Å². The van der Waals surface area contributed by atoms with Crippen molar-refractivity contribution in [1.82, 2.24) is 0 Å². The first-order valence-corrected chi connectivity index (χ1v) is 6.52. The van der Waals surface area contributed by atoms with Gasteiger partial charge in [-0.05, 0) is 19.8 Å². The Balaban J connectivity index is 2.98. The van der Waals surface area contributed by atoms with E-state index in [1.165, 1.54) is 57.8 Å². The maximum Gasteiger partial charge on any atom is -0.0313 e. The molecule has 0 atom stereocenters. The molecule has 0 saturated heterocycles. The summed E-state index contributed by atoms with van der Waals surface area (Å²) < 4.78 is 0. The van der Waals surface area contributed by atoms with E-state index in [0.29, 0.717) is 0 Å². The van der Waals surface area contributed by atoms with Gasteiger partial charge in [0.05, 0.1) is 0 Å². The van der Waals surface area contributed by atoms with Gasteiger partial charge in [-0.2, -0.15) is 0 Å². The summed E-state index contributed by atoms with van der Waals surface area (Å²) in [5.74, 6) is 0. The van der Waals surface area contributed by atoms with Gasteiger partial charge in [0.2, 0.25) is 0 Å². The lowest BCUT2D eigenvalue weighted by molar-refractivity contribution is 0.577. The van der Waals surface area contributed by atoms with Crippen LogP contribution < -0.4 is 0 Å². The van der Waals surface area contributed by atoms with E-state index in [0.717, 1.165) is 0 Å². The van der Waals surface area contributed by atoms with Gasteiger partial charge < -0.3 is 0 Å². The van der Waals surface area contributed by atoms with Crippen LogP contribution in [-0.4, -0.2) is 0 Å². The maximum absolute atomic E-state index is 3.64. The van der Waals surface area contributed by atoms with Crippen molar-refractivity contribution >= 4 is 0 Å². The molecule has 0 spiro atoms. The first-order valence-electron chi connectivity index (χ1n) is 6.52. The van der Waals surface area contributed by atoms with Crippen molar-refractivity contribution in [3.05, 3.63) is 31.2 Å². The quantitative estimate of drug-likeness (QED) is 0.329. The standard InChI is InChI=1S/C15H27/c1-3-5-7-9-11-13-15-14-12-10-8-6-4-2/h3,5,7,9H,1,4,6,8,10-15H2,2H3/b5-3+,9-7+. The summed E-state index contributed by atoms with van der Waals surface area (Å²) in [7, 11) is 0. The maximum atomic E-state index is 3.64. The number of hydrogen-bond donors (Lipinski definition) is 0. The minimum atomic E-state index is 1.22. The molecule has 0 bridgehead atoms. The largest absolute Gasteiger partial charge is 0.0845 e. The lowest BCUT2D eigenvalue weighted by atomic mass is 10.1. The number of rotatable bonds is 10. The molecule has 0 saturated carbocycles. The van der Waals surface area contributed by atoms with Crippen LogP contribution in [0.2, 0.25) is 0 Å². The average molecular weight is 207 g/mol. The van der Waals surface area contributed by atoms with Crippen LogP contribution in [-0.2, 0) is 0 Å². The van der Waals surface area contributed by atoms with E-state index in [-0.39, 0.29) is 0 Å². The van der Waals surface area contributed by atoms with E-state index >= 15 is 0 Å². The minimum absolute atomic E-state index is 1.22. The number of unbranched alkanes of at least 4 members (excludes halogenated alkanes) is 8. The highest BCUT2D eigenvalue weighted by molar-refractivity contribution is 5.03. The van der Waals surface area contributed by atoms with Gasteiger partial charge in [0.25, 0.3) is 0 Å². The number of hydrogen-bond acceptors (Lipinski definition) is 0. The molecule has 0 fully saturated rings. The van der Waals surface area contributed by atoms with Gasteiger partial charge >= 0.3 is 0 Å². The third kappa shape index (κ3) is 13.5. The minimum Gasteiger partial charge on any atom is -0.0845 e. The topological polar surface area (TPSA) is 0 Å². The van der Waals surface area contributed by atoms with E-state index in [4.69, 9.17) is 0 Å². The third-order valence-electron chi connectivity index (χ3n) is 2.61. The predicted octanol–water partition coefficient (Wildman–Crippen LogP) is 5.46. The molecule has 0 aliphatic carbocycles. The Morgan fingerprint density at radius 3 is 2.00 bits per heavy atom. The Morgan fingerprint density at radius 2 is 1.40 bits per heavy atom. The Labute approximate surface area is 96.5 Å². The average Bonchev–Trinajstić information content (AvgIpc) is 2.26. The van der Waals surface area contributed by atoms with Gasteiger partial charge in [0, 0.05) is 0 Å². The first-order chi connectivity index (χ1) is 7.41. The Kier molecular flexibility index (Phi) is 13.0. The molecule has 15 heavy (non-hydrogen) atoms. The van der Waals surface area contributed by atoms with Crippen LogP contribution in [0.4, 0.5) is 0 Å². The molecule has 0 unspecified atom stereocenters. The van der Waals surface area contributed by atoms with Crippen LogP contribution >= 0.6 is 0 Å². The zero-order valence-electron chi connectivity index (χ0n) is 10.4. The summed E-state index contributed by atoms with van der Waals surface area (Å²) in [4.78, 5) is 0. The van der Waals surface area contributed by atoms with E-state index in [1.807, 2.05) is 12.2 Å². The molecule has 0 N–H and O–H groups in total. The molecule has 1 radical (unpaired) electrons. The van der Waals surface area contributed by atoms with E-state index < -0.39 is 0 Å². The second kappa shape index (κ2) is 13.5. The normalized spacial score (nSPS) is 11.9. The zero-order valence-corrected chi connectivity index (χ0v) is 10.4. The zero-order chi connectivity index (χ0) is 11.2. The fourth-order valence-electron chi connectivity index (χ4n) is 1.65. The van der Waals surface area contributed by atoms with Crippen LogP contribution in [0.25, 0.3) is 0 Å². The van der Waals surface area contributed by atoms with Gasteiger partial charge in [0.15, 0.2) is 0 Å². The van der Waals surface area contributed by atoms with Crippen LogP contribution in [0.3, 0.4) is 0 Å². The fraction of sp³-hybridized carbons (Fsp3) is 0.667. The summed E-state index contributed by atoms with van der Waals surface area (Å²) >= 11 is 0. The molecule has 0 aliphatic heterocycles. The smallest absolute Gasteiger partial charge is 0.0313 e. The van der Waals surface area contributed by atoms with Gasteiger partial charge in [0.1, 0.15) is 0 Å². The second-order valence-corrected chi connectivity index (χ2v) is 4.12. The monoisotopic (exact) mass is 207 g/mol. The third-order valence-corrected chi connectivity index (χ3v) is 2.61. The SMILES string of the molecule is [CH2]/C=C/C=C/CCCCCCCCCC. The molecule has 0 aromatic rings. The van der Waals surface area contributed by atoms with Crippen molar-refractivity contribution in [2.75, 3.05) is 0 Å². The van der Waals surface area contributed by atoms with Crippen molar-refractivity contribution in [3.8, 4) is 0 Å². The molecule has 0 rings (SSSR count). The molecular formula is C15H27. The van der Waals surface area contributed by atoms with Gasteiger partial charge in [-0.1, -0.05) is 76.2 Å². The summed E-state index contributed by atoms with van der Waals surface area (Å²) in [6, 6.07) is 0. The van der Waals surface area contributed by atoms with Crippen molar-refractivity contribution < 1.29 is 0 Å². The Bertz CT molecular complexity index is 153.